The topological polar surface area (TPSA) is 116 Å². The molecule has 3 aromatic rings. The van der Waals surface area contributed by atoms with Crippen LogP contribution in [0.4, 0.5) is 5.69 Å². The zero-order valence-corrected chi connectivity index (χ0v) is 17.5. The van der Waals surface area contributed by atoms with Gasteiger partial charge in [0.15, 0.2) is 12.2 Å². The van der Waals surface area contributed by atoms with Gasteiger partial charge in [-0.15, -0.1) is 0 Å². The van der Waals surface area contributed by atoms with Crippen LogP contribution >= 0.6 is 0 Å². The van der Waals surface area contributed by atoms with Gasteiger partial charge in [-0.2, -0.15) is 0 Å². The van der Waals surface area contributed by atoms with E-state index in [9.17, 15) is 9.59 Å². The number of ether oxygens (including phenoxy) is 2. The molecule has 9 heteroatoms. The van der Waals surface area contributed by atoms with Gasteiger partial charge in [0.05, 0.1) is 25.5 Å². The van der Waals surface area contributed by atoms with Gasteiger partial charge in [-0.05, 0) is 38.1 Å². The molecule has 2 amide bonds. The van der Waals surface area contributed by atoms with Gasteiger partial charge in [0.25, 0.3) is 0 Å². The fourth-order valence-electron chi connectivity index (χ4n) is 2.79. The number of anilines is 1. The lowest BCUT2D eigenvalue weighted by Crippen LogP contribution is -2.48. The maximum absolute atomic E-state index is 12.4. The van der Waals surface area contributed by atoms with Crippen molar-refractivity contribution in [3.63, 3.8) is 0 Å². The van der Waals surface area contributed by atoms with Crippen molar-refractivity contribution in [1.82, 2.24) is 15.3 Å². The van der Waals surface area contributed by atoms with E-state index in [0.717, 1.165) is 0 Å². The van der Waals surface area contributed by atoms with Crippen LogP contribution in [-0.4, -0.2) is 41.0 Å². The van der Waals surface area contributed by atoms with E-state index in [1.54, 1.807) is 48.9 Å². The fraction of sp³-hybridized carbons (Fsp3) is 0.273. The second-order valence-corrected chi connectivity index (χ2v) is 7.35. The number of methoxy groups -OCH3 is 1. The van der Waals surface area contributed by atoms with Crippen molar-refractivity contribution in [1.29, 1.82) is 0 Å². The van der Waals surface area contributed by atoms with Crippen molar-refractivity contribution in [2.45, 2.75) is 25.8 Å². The minimum atomic E-state index is -0.780. The normalized spacial score (nSPS) is 10.9. The van der Waals surface area contributed by atoms with Gasteiger partial charge < -0.3 is 24.5 Å². The molecule has 0 aliphatic heterocycles. The number of amides is 2. The lowest BCUT2D eigenvalue weighted by atomic mass is 10.0. The monoisotopic (exact) mass is 424 g/mol. The van der Waals surface area contributed by atoms with Crippen molar-refractivity contribution in [3.05, 3.63) is 55.3 Å². The molecule has 0 saturated carbocycles. The molecule has 0 aliphatic carbocycles. The molecule has 9 nitrogen and oxygen atoms in total. The second kappa shape index (κ2) is 9.75. The minimum absolute atomic E-state index is 0.374. The number of nitrogens with zero attached hydrogens (tertiary/aromatic N) is 2. The van der Waals surface area contributed by atoms with E-state index in [4.69, 9.17) is 13.9 Å². The lowest BCUT2D eigenvalue weighted by Gasteiger charge is -2.26. The van der Waals surface area contributed by atoms with Gasteiger partial charge in [0.1, 0.15) is 11.5 Å². The molecular formula is C22H24N4O5. The summed E-state index contributed by atoms with van der Waals surface area (Å²) in [6, 6.07) is 8.48. The summed E-state index contributed by atoms with van der Waals surface area (Å²) >= 11 is 0. The molecule has 0 radical (unpaired) electrons. The summed E-state index contributed by atoms with van der Waals surface area (Å²) < 4.78 is 16.3. The number of hydrogen-bond donors (Lipinski definition) is 2. The van der Waals surface area contributed by atoms with Gasteiger partial charge in [0.2, 0.25) is 0 Å². The van der Waals surface area contributed by atoms with Gasteiger partial charge in [0, 0.05) is 36.1 Å². The van der Waals surface area contributed by atoms with Crippen LogP contribution < -0.4 is 20.1 Å². The van der Waals surface area contributed by atoms with Gasteiger partial charge >= 0.3 is 11.8 Å². The Bertz CT molecular complexity index is 1020. The Morgan fingerprint density at radius 1 is 1.10 bits per heavy atom. The van der Waals surface area contributed by atoms with Crippen molar-refractivity contribution < 1.29 is 23.5 Å². The van der Waals surface area contributed by atoms with Crippen LogP contribution in [-0.2, 0) is 9.59 Å². The Morgan fingerprint density at radius 3 is 2.55 bits per heavy atom. The van der Waals surface area contributed by atoms with E-state index in [0.29, 0.717) is 41.5 Å². The second-order valence-electron chi connectivity index (χ2n) is 7.35. The van der Waals surface area contributed by atoms with E-state index in [-0.39, 0.29) is 0 Å². The summed E-state index contributed by atoms with van der Waals surface area (Å²) in [7, 11) is 1.50. The Balaban J connectivity index is 1.55. The predicted molar refractivity (Wildman–Crippen MR) is 114 cm³/mol. The highest BCUT2D eigenvalue weighted by molar-refractivity contribution is 6.39. The summed E-state index contributed by atoms with van der Waals surface area (Å²) in [5.41, 5.74) is 0.451. The molecule has 2 heterocycles. The molecule has 0 bridgehead atoms. The zero-order chi connectivity index (χ0) is 22.3. The van der Waals surface area contributed by atoms with Crippen molar-refractivity contribution >= 4 is 17.5 Å². The molecule has 0 atom stereocenters. The minimum Gasteiger partial charge on any atom is -0.496 e. The first-order valence-corrected chi connectivity index (χ1v) is 9.61. The van der Waals surface area contributed by atoms with Gasteiger partial charge in [-0.3, -0.25) is 14.6 Å². The summed E-state index contributed by atoms with van der Waals surface area (Å²) in [5.74, 6) is 0.175. The SMILES string of the molecule is COc1cc(NC(=O)C(=O)NC(C)(C)CCOc2ccncc2)ccc1-c1cnco1. The lowest BCUT2D eigenvalue weighted by molar-refractivity contribution is -0.137. The highest BCUT2D eigenvalue weighted by Gasteiger charge is 2.25. The molecule has 162 valence electrons. The molecular weight excluding hydrogens is 400 g/mol. The number of hydrogen-bond acceptors (Lipinski definition) is 7. The molecule has 0 aliphatic rings. The largest absolute Gasteiger partial charge is 0.496 e. The quantitative estimate of drug-likeness (QED) is 0.534. The number of aromatic nitrogens is 2. The Morgan fingerprint density at radius 2 is 1.87 bits per heavy atom. The van der Waals surface area contributed by atoms with Crippen LogP contribution in [0.15, 0.2) is 59.7 Å². The number of benzene rings is 1. The maximum atomic E-state index is 12.4. The van der Waals surface area contributed by atoms with Crippen LogP contribution in [0.5, 0.6) is 11.5 Å². The Hall–Kier alpha value is -3.88. The van der Waals surface area contributed by atoms with Gasteiger partial charge in [-0.25, -0.2) is 4.98 Å². The van der Waals surface area contributed by atoms with Crippen LogP contribution in [0.2, 0.25) is 0 Å². The van der Waals surface area contributed by atoms with E-state index in [2.05, 4.69) is 20.6 Å². The first-order valence-electron chi connectivity index (χ1n) is 9.61. The van der Waals surface area contributed by atoms with E-state index < -0.39 is 17.4 Å². The van der Waals surface area contributed by atoms with Crippen LogP contribution in [0.1, 0.15) is 20.3 Å². The smallest absolute Gasteiger partial charge is 0.313 e. The molecule has 0 spiro atoms. The van der Waals surface area contributed by atoms with Crippen LogP contribution in [0, 0.1) is 0 Å². The molecule has 0 saturated heterocycles. The average molecular weight is 424 g/mol. The summed E-state index contributed by atoms with van der Waals surface area (Å²) in [4.78, 5) is 32.6. The van der Waals surface area contributed by atoms with E-state index in [1.165, 1.54) is 13.5 Å². The highest BCUT2D eigenvalue weighted by Crippen LogP contribution is 2.32. The number of nitrogens with one attached hydrogen (secondary N) is 2. The predicted octanol–water partition coefficient (Wildman–Crippen LogP) is 3.05. The molecule has 0 fully saturated rings. The third-order valence-corrected chi connectivity index (χ3v) is 4.46. The molecule has 2 aromatic heterocycles. The molecule has 0 unspecified atom stereocenters. The van der Waals surface area contributed by atoms with Crippen molar-refractivity contribution in [3.8, 4) is 22.8 Å². The third kappa shape index (κ3) is 6.05. The Kier molecular flexibility index (Phi) is 6.86. The first-order chi connectivity index (χ1) is 14.9. The third-order valence-electron chi connectivity index (χ3n) is 4.46. The number of pyridine rings is 1. The first kappa shape index (κ1) is 21.8. The standard InChI is InChI=1S/C22H24N4O5/c1-22(2,8-11-30-16-6-9-23-10-7-16)26-21(28)20(27)25-15-4-5-17(18(12-15)29-3)19-13-24-14-31-19/h4-7,9-10,12-14H,8,11H2,1-3H3,(H,25,27)(H,26,28). The van der Waals surface area contributed by atoms with E-state index >= 15 is 0 Å². The number of carbonyl (C=O) groups is 2. The number of oxazole rings is 1. The maximum Gasteiger partial charge on any atom is 0.313 e. The Labute approximate surface area is 179 Å². The summed E-state index contributed by atoms with van der Waals surface area (Å²) in [5, 5.41) is 5.31. The fourth-order valence-corrected chi connectivity index (χ4v) is 2.79. The van der Waals surface area contributed by atoms with Gasteiger partial charge in [-0.1, -0.05) is 0 Å². The number of carbonyl (C=O) groups excluding carboxylic acids is 2. The molecule has 3 rings (SSSR count). The highest BCUT2D eigenvalue weighted by atomic mass is 16.5. The van der Waals surface area contributed by atoms with Crippen LogP contribution in [0.3, 0.4) is 0 Å². The van der Waals surface area contributed by atoms with Crippen LogP contribution in [0.25, 0.3) is 11.3 Å². The number of rotatable bonds is 8. The van der Waals surface area contributed by atoms with Crippen molar-refractivity contribution in [2.75, 3.05) is 19.0 Å². The molecule has 2 N–H and O–H groups in total. The zero-order valence-electron chi connectivity index (χ0n) is 17.5. The average Bonchev–Trinajstić information content (AvgIpc) is 3.28. The summed E-state index contributed by atoms with van der Waals surface area (Å²) in [6.07, 6.45) is 6.66. The summed E-state index contributed by atoms with van der Waals surface area (Å²) in [6.45, 7) is 4.02. The molecule has 1 aromatic carbocycles. The molecule has 31 heavy (non-hydrogen) atoms. The van der Waals surface area contributed by atoms with Crippen molar-refractivity contribution in [2.24, 2.45) is 0 Å². The van der Waals surface area contributed by atoms with E-state index in [1.807, 2.05) is 13.8 Å².